The first-order chi connectivity index (χ1) is 19.1. The summed E-state index contributed by atoms with van der Waals surface area (Å²) in [4.78, 5) is 33.8. The topological polar surface area (TPSA) is 55.9 Å². The summed E-state index contributed by atoms with van der Waals surface area (Å²) >= 11 is 6.69. The number of hydrogen-bond acceptors (Lipinski definition) is 5. The summed E-state index contributed by atoms with van der Waals surface area (Å²) in [6.45, 7) is 14.8. The average Bonchev–Trinajstić information content (AvgIpc) is 3.63. The van der Waals surface area contributed by atoms with Crippen molar-refractivity contribution in [2.24, 2.45) is 5.92 Å². The van der Waals surface area contributed by atoms with Crippen molar-refractivity contribution in [1.29, 1.82) is 0 Å². The van der Waals surface area contributed by atoms with Crippen molar-refractivity contribution in [3.05, 3.63) is 75.7 Å². The van der Waals surface area contributed by atoms with Gasteiger partial charge in [0.15, 0.2) is 0 Å². The van der Waals surface area contributed by atoms with Gasteiger partial charge in [0.25, 0.3) is 5.91 Å². The summed E-state index contributed by atoms with van der Waals surface area (Å²) in [5.74, 6) is -0.890. The lowest BCUT2D eigenvalue weighted by molar-refractivity contribution is -0.116. The lowest BCUT2D eigenvalue weighted by Crippen LogP contribution is -2.54. The van der Waals surface area contributed by atoms with Gasteiger partial charge < -0.3 is 10.2 Å². The summed E-state index contributed by atoms with van der Waals surface area (Å²) in [5.41, 5.74) is 4.09. The molecule has 0 radical (unpaired) electrons. The minimum atomic E-state index is -0.580. The molecule has 1 aliphatic carbocycles. The van der Waals surface area contributed by atoms with Gasteiger partial charge in [-0.05, 0) is 62.1 Å². The predicted molar refractivity (Wildman–Crippen MR) is 157 cm³/mol. The first-order valence-electron chi connectivity index (χ1n) is 14.4. The van der Waals surface area contributed by atoms with Gasteiger partial charge in [0.2, 0.25) is 0 Å². The Balaban J connectivity index is 1.52. The van der Waals surface area contributed by atoms with Crippen LogP contribution in [-0.2, 0) is 16.1 Å². The molecule has 214 valence electrons. The highest BCUT2D eigenvalue weighted by atomic mass is 35.5. The summed E-state index contributed by atoms with van der Waals surface area (Å²) < 4.78 is 14.2. The fraction of sp³-hybridized carbons (Fsp3) is 0.500. The minimum Gasteiger partial charge on any atom is -0.369 e. The molecule has 0 bridgehead atoms. The van der Waals surface area contributed by atoms with E-state index < -0.39 is 6.04 Å². The number of nitrogens with zero attached hydrogens (tertiary/aromatic N) is 3. The second-order valence-corrected chi connectivity index (χ2v) is 12.6. The number of halogens is 2. The summed E-state index contributed by atoms with van der Waals surface area (Å²) in [6.07, 6.45) is 1.31. The number of rotatable bonds is 8. The number of benzene rings is 2. The second kappa shape index (κ2) is 11.6. The van der Waals surface area contributed by atoms with E-state index in [1.807, 2.05) is 18.2 Å². The van der Waals surface area contributed by atoms with E-state index in [-0.39, 0.29) is 29.0 Å². The SMILES string of the molecule is CCCN1Cc2c(Cl)cccc2C(C(=O)N[C@H](c2cccc(F)c2)C2CC2=O)=C1CN1CCN(C(C)(C)C)CC1. The number of nitrogens with one attached hydrogen (secondary N) is 1. The number of fused-ring (bicyclic) bond motifs is 1. The molecule has 3 aliphatic rings. The Hall–Kier alpha value is -2.74. The molecule has 1 N–H and O–H groups in total. The third kappa shape index (κ3) is 6.12. The molecule has 2 aromatic carbocycles. The molecule has 5 rings (SSSR count). The average molecular weight is 567 g/mol. The number of carbonyl (C=O) groups is 2. The predicted octanol–water partition coefficient (Wildman–Crippen LogP) is 5.28. The van der Waals surface area contributed by atoms with E-state index in [2.05, 4.69) is 47.7 Å². The largest absolute Gasteiger partial charge is 0.369 e. The molecule has 40 heavy (non-hydrogen) atoms. The molecule has 1 unspecified atom stereocenters. The van der Waals surface area contributed by atoms with E-state index >= 15 is 0 Å². The van der Waals surface area contributed by atoms with E-state index in [4.69, 9.17) is 11.6 Å². The van der Waals surface area contributed by atoms with Gasteiger partial charge in [-0.1, -0.05) is 42.8 Å². The van der Waals surface area contributed by atoms with E-state index in [9.17, 15) is 14.0 Å². The number of Topliss-reactive ketones (excluding diaryl/α,β-unsaturated/α-hetero) is 1. The van der Waals surface area contributed by atoms with E-state index in [1.54, 1.807) is 12.1 Å². The highest BCUT2D eigenvalue weighted by Gasteiger charge is 2.44. The van der Waals surface area contributed by atoms with Crippen LogP contribution in [-0.4, -0.2) is 71.2 Å². The fourth-order valence-electron chi connectivity index (χ4n) is 6.05. The summed E-state index contributed by atoms with van der Waals surface area (Å²) in [6, 6.07) is 11.3. The van der Waals surface area contributed by atoms with Crippen LogP contribution in [0.5, 0.6) is 0 Å². The molecule has 6 nitrogen and oxygen atoms in total. The van der Waals surface area contributed by atoms with Gasteiger partial charge in [-0.2, -0.15) is 0 Å². The summed E-state index contributed by atoms with van der Waals surface area (Å²) in [7, 11) is 0. The first-order valence-corrected chi connectivity index (χ1v) is 14.8. The van der Waals surface area contributed by atoms with Crippen molar-refractivity contribution in [3.8, 4) is 0 Å². The molecule has 2 aromatic rings. The van der Waals surface area contributed by atoms with Crippen molar-refractivity contribution in [1.82, 2.24) is 20.0 Å². The molecule has 2 heterocycles. The van der Waals surface area contributed by atoms with E-state index in [0.29, 0.717) is 35.7 Å². The van der Waals surface area contributed by atoms with Gasteiger partial charge in [0, 0.05) is 74.4 Å². The highest BCUT2D eigenvalue weighted by molar-refractivity contribution is 6.32. The Morgan fingerprint density at radius 3 is 2.45 bits per heavy atom. The molecule has 8 heteroatoms. The smallest absolute Gasteiger partial charge is 0.254 e. The van der Waals surface area contributed by atoms with Crippen LogP contribution in [0.1, 0.15) is 63.3 Å². The number of piperazine rings is 1. The monoisotopic (exact) mass is 566 g/mol. The Bertz CT molecular complexity index is 1310. The maximum absolute atomic E-state index is 14.3. The van der Waals surface area contributed by atoms with Crippen molar-refractivity contribution in [2.75, 3.05) is 39.3 Å². The van der Waals surface area contributed by atoms with Gasteiger partial charge >= 0.3 is 0 Å². The number of amides is 1. The third-order valence-corrected chi connectivity index (χ3v) is 8.75. The zero-order valence-electron chi connectivity index (χ0n) is 24.0. The van der Waals surface area contributed by atoms with Crippen LogP contribution in [0.2, 0.25) is 5.02 Å². The number of ketones is 1. The minimum absolute atomic E-state index is 0.0835. The van der Waals surface area contributed by atoms with Crippen LogP contribution >= 0.6 is 11.6 Å². The Labute approximate surface area is 242 Å². The fourth-order valence-corrected chi connectivity index (χ4v) is 6.28. The molecular formula is C32H40ClFN4O2. The van der Waals surface area contributed by atoms with Crippen LogP contribution in [0.4, 0.5) is 4.39 Å². The zero-order valence-corrected chi connectivity index (χ0v) is 24.7. The first kappa shape index (κ1) is 28.8. The van der Waals surface area contributed by atoms with Crippen molar-refractivity contribution in [2.45, 2.75) is 58.7 Å². The molecule has 2 aliphatic heterocycles. The van der Waals surface area contributed by atoms with Crippen molar-refractivity contribution >= 4 is 28.9 Å². The second-order valence-electron chi connectivity index (χ2n) is 12.2. The zero-order chi connectivity index (χ0) is 28.6. The van der Waals surface area contributed by atoms with Crippen LogP contribution in [0, 0.1) is 11.7 Å². The standard InChI is InChI=1S/C32H40ClFN4O2/c1-5-12-37-19-25-23(10-7-11-26(25)33)29(27(37)20-36-13-15-38(16-14-36)32(2,3)4)31(40)35-30(24-18-28(24)39)21-8-6-9-22(34)17-21/h6-11,17,24,30H,5,12-16,18-20H2,1-4H3,(H,35,40)/t24?,30-/m1/s1. The number of carbonyl (C=O) groups excluding carboxylic acids is 2. The van der Waals surface area contributed by atoms with Crippen LogP contribution < -0.4 is 5.32 Å². The Morgan fingerprint density at radius 1 is 1.12 bits per heavy atom. The van der Waals surface area contributed by atoms with Gasteiger partial charge in [-0.25, -0.2) is 4.39 Å². The lowest BCUT2D eigenvalue weighted by Gasteiger charge is -2.44. The maximum Gasteiger partial charge on any atom is 0.254 e. The van der Waals surface area contributed by atoms with Crippen LogP contribution in [0.15, 0.2) is 48.2 Å². The summed E-state index contributed by atoms with van der Waals surface area (Å²) in [5, 5.41) is 3.80. The Kier molecular flexibility index (Phi) is 8.37. The Morgan fingerprint density at radius 2 is 1.82 bits per heavy atom. The molecule has 1 saturated heterocycles. The molecule has 0 spiro atoms. The quantitative estimate of drug-likeness (QED) is 0.471. The molecule has 2 fully saturated rings. The lowest BCUT2D eigenvalue weighted by atomic mass is 9.91. The van der Waals surface area contributed by atoms with Crippen molar-refractivity contribution in [3.63, 3.8) is 0 Å². The van der Waals surface area contributed by atoms with Gasteiger partial charge in [-0.3, -0.25) is 19.4 Å². The van der Waals surface area contributed by atoms with Crippen LogP contribution in [0.3, 0.4) is 0 Å². The molecule has 1 amide bonds. The van der Waals surface area contributed by atoms with E-state index in [1.165, 1.54) is 12.1 Å². The van der Waals surface area contributed by atoms with Gasteiger partial charge in [0.05, 0.1) is 11.6 Å². The van der Waals surface area contributed by atoms with Gasteiger partial charge in [-0.15, -0.1) is 0 Å². The molecule has 1 saturated carbocycles. The van der Waals surface area contributed by atoms with E-state index in [0.717, 1.165) is 56.0 Å². The molecule has 0 aromatic heterocycles. The van der Waals surface area contributed by atoms with Crippen molar-refractivity contribution < 1.29 is 14.0 Å². The normalized spacial score (nSPS) is 20.9. The highest BCUT2D eigenvalue weighted by Crippen LogP contribution is 2.40. The third-order valence-electron chi connectivity index (χ3n) is 8.39. The van der Waals surface area contributed by atoms with Crippen LogP contribution in [0.25, 0.3) is 5.57 Å². The number of hydrogen-bond donors (Lipinski definition) is 1. The molecule has 2 atom stereocenters. The van der Waals surface area contributed by atoms with Gasteiger partial charge in [0.1, 0.15) is 11.6 Å². The molecular weight excluding hydrogens is 527 g/mol. The maximum atomic E-state index is 14.3.